The Labute approximate surface area is 89.4 Å². The van der Waals surface area contributed by atoms with Gasteiger partial charge in [0, 0.05) is 19.8 Å². The van der Waals surface area contributed by atoms with Crippen LogP contribution in [0.2, 0.25) is 0 Å². The van der Waals surface area contributed by atoms with Crippen LogP contribution in [-0.2, 0) is 4.74 Å². The van der Waals surface area contributed by atoms with E-state index in [-0.39, 0.29) is 0 Å². The first-order chi connectivity index (χ1) is 6.61. The van der Waals surface area contributed by atoms with E-state index in [1.807, 2.05) is 0 Å². The van der Waals surface area contributed by atoms with Crippen molar-refractivity contribution in [1.82, 2.24) is 5.32 Å². The summed E-state index contributed by atoms with van der Waals surface area (Å²) in [5, 5.41) is 3.41. The second-order valence-electron chi connectivity index (χ2n) is 4.63. The number of hydrogen-bond acceptors (Lipinski definition) is 2. The molecule has 0 aliphatic carbocycles. The van der Waals surface area contributed by atoms with Crippen LogP contribution >= 0.6 is 0 Å². The summed E-state index contributed by atoms with van der Waals surface area (Å²) in [6, 6.07) is 0.646. The zero-order valence-corrected chi connectivity index (χ0v) is 10.5. The molecule has 0 saturated heterocycles. The molecule has 0 fully saturated rings. The molecule has 0 radical (unpaired) electrons. The first-order valence-electron chi connectivity index (χ1n) is 5.78. The van der Waals surface area contributed by atoms with Crippen LogP contribution in [0.3, 0.4) is 0 Å². The van der Waals surface area contributed by atoms with Gasteiger partial charge in [-0.1, -0.05) is 20.8 Å². The van der Waals surface area contributed by atoms with Crippen LogP contribution in [-0.4, -0.2) is 26.8 Å². The maximum absolute atomic E-state index is 5.10. The van der Waals surface area contributed by atoms with Crippen molar-refractivity contribution in [2.75, 3.05) is 20.8 Å². The molecule has 0 aliphatic heterocycles. The molecule has 14 heavy (non-hydrogen) atoms. The van der Waals surface area contributed by atoms with Crippen molar-refractivity contribution >= 4 is 0 Å². The van der Waals surface area contributed by atoms with Crippen molar-refractivity contribution in [3.8, 4) is 0 Å². The van der Waals surface area contributed by atoms with Crippen LogP contribution in [0, 0.1) is 11.8 Å². The molecule has 0 saturated carbocycles. The average molecular weight is 201 g/mol. The fourth-order valence-electron chi connectivity index (χ4n) is 1.73. The van der Waals surface area contributed by atoms with Gasteiger partial charge >= 0.3 is 0 Å². The summed E-state index contributed by atoms with van der Waals surface area (Å²) in [7, 11) is 3.84. The summed E-state index contributed by atoms with van der Waals surface area (Å²) in [5.74, 6) is 1.51. The van der Waals surface area contributed by atoms with Gasteiger partial charge in [-0.05, 0) is 38.1 Å². The molecule has 0 rings (SSSR count). The summed E-state index contributed by atoms with van der Waals surface area (Å²) in [6.07, 6.45) is 3.74. The lowest BCUT2D eigenvalue weighted by Crippen LogP contribution is -2.33. The van der Waals surface area contributed by atoms with Gasteiger partial charge in [0.1, 0.15) is 0 Å². The normalized spacial score (nSPS) is 15.9. The quantitative estimate of drug-likeness (QED) is 0.652. The maximum Gasteiger partial charge on any atom is 0.0465 e. The lowest BCUT2D eigenvalue weighted by atomic mass is 9.92. The summed E-state index contributed by atoms with van der Waals surface area (Å²) >= 11 is 0. The van der Waals surface area contributed by atoms with E-state index in [2.05, 4.69) is 33.1 Å². The van der Waals surface area contributed by atoms with Crippen LogP contribution < -0.4 is 5.32 Å². The SMILES string of the molecule is CNC(CCC(C)C)C(C)CCOC. The van der Waals surface area contributed by atoms with E-state index in [4.69, 9.17) is 4.74 Å². The number of hydrogen-bond donors (Lipinski definition) is 1. The van der Waals surface area contributed by atoms with Gasteiger partial charge in [-0.2, -0.15) is 0 Å². The molecule has 0 heterocycles. The minimum atomic E-state index is 0.646. The number of nitrogens with one attached hydrogen (secondary N) is 1. The molecule has 1 N–H and O–H groups in total. The van der Waals surface area contributed by atoms with Gasteiger partial charge in [0.2, 0.25) is 0 Å². The molecule has 2 nitrogen and oxygen atoms in total. The molecule has 2 unspecified atom stereocenters. The highest BCUT2D eigenvalue weighted by Crippen LogP contribution is 2.15. The predicted molar refractivity (Wildman–Crippen MR) is 62.6 cm³/mol. The van der Waals surface area contributed by atoms with Gasteiger partial charge in [0.05, 0.1) is 0 Å². The van der Waals surface area contributed by atoms with E-state index in [0.29, 0.717) is 12.0 Å². The molecule has 0 aromatic carbocycles. The second kappa shape index (κ2) is 8.25. The second-order valence-corrected chi connectivity index (χ2v) is 4.63. The summed E-state index contributed by atoms with van der Waals surface area (Å²) in [4.78, 5) is 0. The van der Waals surface area contributed by atoms with Crippen LogP contribution in [0.5, 0.6) is 0 Å². The van der Waals surface area contributed by atoms with Gasteiger partial charge in [-0.25, -0.2) is 0 Å². The fourth-order valence-corrected chi connectivity index (χ4v) is 1.73. The zero-order chi connectivity index (χ0) is 11.0. The van der Waals surface area contributed by atoms with Crippen LogP contribution in [0.1, 0.15) is 40.0 Å². The molecule has 0 spiro atoms. The highest BCUT2D eigenvalue weighted by molar-refractivity contribution is 4.72. The highest BCUT2D eigenvalue weighted by Gasteiger charge is 2.15. The molecular formula is C12H27NO. The summed E-state index contributed by atoms with van der Waals surface area (Å²) in [5.41, 5.74) is 0. The van der Waals surface area contributed by atoms with Crippen molar-refractivity contribution in [1.29, 1.82) is 0 Å². The Morgan fingerprint density at radius 3 is 2.14 bits per heavy atom. The van der Waals surface area contributed by atoms with Gasteiger partial charge < -0.3 is 10.1 Å². The van der Waals surface area contributed by atoms with Crippen molar-refractivity contribution in [2.24, 2.45) is 11.8 Å². The fraction of sp³-hybridized carbons (Fsp3) is 1.00. The molecular weight excluding hydrogens is 174 g/mol. The predicted octanol–water partition coefficient (Wildman–Crippen LogP) is 2.68. The number of methoxy groups -OCH3 is 1. The smallest absolute Gasteiger partial charge is 0.0465 e. The van der Waals surface area contributed by atoms with E-state index < -0.39 is 0 Å². The third-order valence-corrected chi connectivity index (χ3v) is 2.89. The van der Waals surface area contributed by atoms with E-state index in [0.717, 1.165) is 18.9 Å². The van der Waals surface area contributed by atoms with Crippen LogP contribution in [0.25, 0.3) is 0 Å². The van der Waals surface area contributed by atoms with Crippen molar-refractivity contribution in [3.05, 3.63) is 0 Å². The average Bonchev–Trinajstić information content (AvgIpc) is 2.15. The molecule has 0 bridgehead atoms. The monoisotopic (exact) mass is 201 g/mol. The Hall–Kier alpha value is -0.0800. The summed E-state index contributed by atoms with van der Waals surface area (Å²) in [6.45, 7) is 7.75. The largest absolute Gasteiger partial charge is 0.385 e. The van der Waals surface area contributed by atoms with Crippen LogP contribution in [0.4, 0.5) is 0 Å². The van der Waals surface area contributed by atoms with Crippen molar-refractivity contribution < 1.29 is 4.74 Å². The minimum Gasteiger partial charge on any atom is -0.385 e. The van der Waals surface area contributed by atoms with E-state index >= 15 is 0 Å². The number of rotatable bonds is 8. The lowest BCUT2D eigenvalue weighted by Gasteiger charge is -2.24. The minimum absolute atomic E-state index is 0.646. The topological polar surface area (TPSA) is 21.3 Å². The lowest BCUT2D eigenvalue weighted by molar-refractivity contribution is 0.168. The highest BCUT2D eigenvalue weighted by atomic mass is 16.5. The molecule has 2 heteroatoms. The standard InChI is InChI=1S/C12H27NO/c1-10(2)6-7-12(13-4)11(3)8-9-14-5/h10-13H,6-9H2,1-5H3. The third kappa shape index (κ3) is 6.39. The molecule has 0 aromatic heterocycles. The third-order valence-electron chi connectivity index (χ3n) is 2.89. The van der Waals surface area contributed by atoms with Gasteiger partial charge in [-0.15, -0.1) is 0 Å². The van der Waals surface area contributed by atoms with Gasteiger partial charge in [0.25, 0.3) is 0 Å². The first kappa shape index (κ1) is 13.9. The first-order valence-corrected chi connectivity index (χ1v) is 5.78. The van der Waals surface area contributed by atoms with E-state index in [1.165, 1.54) is 12.8 Å². The summed E-state index contributed by atoms with van der Waals surface area (Å²) < 4.78 is 5.10. The molecule has 0 aromatic rings. The molecule has 0 amide bonds. The maximum atomic E-state index is 5.10. The van der Waals surface area contributed by atoms with E-state index in [1.54, 1.807) is 7.11 Å². The Balaban J connectivity index is 3.74. The van der Waals surface area contributed by atoms with Gasteiger partial charge in [-0.3, -0.25) is 0 Å². The van der Waals surface area contributed by atoms with Crippen molar-refractivity contribution in [3.63, 3.8) is 0 Å². The molecule has 86 valence electrons. The van der Waals surface area contributed by atoms with Gasteiger partial charge in [0.15, 0.2) is 0 Å². The Morgan fingerprint density at radius 2 is 1.71 bits per heavy atom. The van der Waals surface area contributed by atoms with Crippen LogP contribution in [0.15, 0.2) is 0 Å². The molecule has 0 aliphatic rings. The Kier molecular flexibility index (Phi) is 8.20. The Morgan fingerprint density at radius 1 is 1.07 bits per heavy atom. The van der Waals surface area contributed by atoms with E-state index in [9.17, 15) is 0 Å². The van der Waals surface area contributed by atoms with Crippen molar-refractivity contribution in [2.45, 2.75) is 46.1 Å². The molecule has 2 atom stereocenters. The zero-order valence-electron chi connectivity index (χ0n) is 10.5. The number of ether oxygens (including phenoxy) is 1. The Bertz CT molecular complexity index is 125.